The van der Waals surface area contributed by atoms with Crippen LogP contribution in [0.4, 0.5) is 0 Å². The molecule has 6 heteroatoms. The predicted octanol–water partition coefficient (Wildman–Crippen LogP) is 0.888. The third-order valence-electron chi connectivity index (χ3n) is 3.23. The zero-order valence-corrected chi connectivity index (χ0v) is 11.0. The van der Waals surface area contributed by atoms with Crippen molar-refractivity contribution in [2.75, 3.05) is 13.7 Å². The number of benzene rings is 1. The van der Waals surface area contributed by atoms with Crippen molar-refractivity contribution in [3.63, 3.8) is 0 Å². The number of rotatable bonds is 5. The van der Waals surface area contributed by atoms with Gasteiger partial charge >= 0.3 is 0 Å². The van der Waals surface area contributed by atoms with Gasteiger partial charge in [-0.25, -0.2) is 13.1 Å². The summed E-state index contributed by atoms with van der Waals surface area (Å²) in [6.07, 6.45) is 2.23. The van der Waals surface area contributed by atoms with Crippen LogP contribution < -0.4 is 9.46 Å². The Bertz CT molecular complexity index is 523. The van der Waals surface area contributed by atoms with Crippen LogP contribution in [0.5, 0.6) is 5.75 Å². The van der Waals surface area contributed by atoms with Crippen LogP contribution in [0.25, 0.3) is 0 Å². The van der Waals surface area contributed by atoms with Crippen LogP contribution in [0.3, 0.4) is 0 Å². The Morgan fingerprint density at radius 1 is 1.44 bits per heavy atom. The van der Waals surface area contributed by atoms with E-state index in [9.17, 15) is 13.5 Å². The van der Waals surface area contributed by atoms with Crippen molar-refractivity contribution in [1.82, 2.24) is 4.72 Å². The van der Waals surface area contributed by atoms with Gasteiger partial charge in [-0.2, -0.15) is 0 Å². The van der Waals surface area contributed by atoms with Gasteiger partial charge in [0.15, 0.2) is 0 Å². The van der Waals surface area contributed by atoms with Crippen LogP contribution in [-0.4, -0.2) is 32.8 Å². The summed E-state index contributed by atoms with van der Waals surface area (Å²) in [6.45, 7) is 0.0620. The lowest BCUT2D eigenvalue weighted by Gasteiger charge is -2.36. The van der Waals surface area contributed by atoms with E-state index in [2.05, 4.69) is 4.72 Å². The standard InChI is InChI=1S/C12H17NO4S/c1-17-10-4-2-5-11(8-10)18(15,16)13-9-12(14)6-3-7-12/h2,4-5,8,13-14H,3,6-7,9H2,1H3. The summed E-state index contributed by atoms with van der Waals surface area (Å²) in [5, 5.41) is 9.87. The van der Waals surface area contributed by atoms with Gasteiger partial charge in [-0.3, -0.25) is 0 Å². The molecule has 0 saturated heterocycles. The van der Waals surface area contributed by atoms with E-state index in [1.165, 1.54) is 19.2 Å². The van der Waals surface area contributed by atoms with Gasteiger partial charge in [-0.05, 0) is 31.4 Å². The number of sulfonamides is 1. The lowest BCUT2D eigenvalue weighted by Crippen LogP contribution is -2.47. The molecule has 0 heterocycles. The Kier molecular flexibility index (Phi) is 3.61. The zero-order chi connectivity index (χ0) is 13.2. The van der Waals surface area contributed by atoms with Gasteiger partial charge in [0.05, 0.1) is 17.6 Å². The summed E-state index contributed by atoms with van der Waals surface area (Å²) in [7, 11) is -2.11. The predicted molar refractivity (Wildman–Crippen MR) is 67.0 cm³/mol. The van der Waals surface area contributed by atoms with Gasteiger partial charge in [0.2, 0.25) is 10.0 Å². The number of aliphatic hydroxyl groups is 1. The molecule has 0 aromatic heterocycles. The van der Waals surface area contributed by atoms with Crippen LogP contribution in [0, 0.1) is 0 Å². The number of methoxy groups -OCH3 is 1. The van der Waals surface area contributed by atoms with Crippen LogP contribution >= 0.6 is 0 Å². The van der Waals surface area contributed by atoms with Crippen LogP contribution in [0.15, 0.2) is 29.2 Å². The molecule has 0 atom stereocenters. The second kappa shape index (κ2) is 4.87. The minimum atomic E-state index is -3.59. The van der Waals surface area contributed by atoms with Crippen molar-refractivity contribution < 1.29 is 18.3 Å². The highest BCUT2D eigenvalue weighted by molar-refractivity contribution is 7.89. The molecule has 1 fully saturated rings. The molecule has 100 valence electrons. The maximum atomic E-state index is 12.0. The van der Waals surface area contributed by atoms with Crippen molar-refractivity contribution >= 4 is 10.0 Å². The van der Waals surface area contributed by atoms with E-state index in [1.807, 2.05) is 0 Å². The Balaban J connectivity index is 2.09. The summed E-state index contributed by atoms with van der Waals surface area (Å²) >= 11 is 0. The van der Waals surface area contributed by atoms with E-state index in [-0.39, 0.29) is 11.4 Å². The Hall–Kier alpha value is -1.11. The Morgan fingerprint density at radius 3 is 2.72 bits per heavy atom. The van der Waals surface area contributed by atoms with Gasteiger partial charge < -0.3 is 9.84 Å². The molecule has 5 nitrogen and oxygen atoms in total. The van der Waals surface area contributed by atoms with Crippen molar-refractivity contribution in [2.24, 2.45) is 0 Å². The largest absolute Gasteiger partial charge is 0.497 e. The molecule has 1 aromatic rings. The summed E-state index contributed by atoms with van der Waals surface area (Å²) in [5.41, 5.74) is -0.869. The monoisotopic (exact) mass is 271 g/mol. The van der Waals surface area contributed by atoms with Crippen LogP contribution in [0.2, 0.25) is 0 Å². The number of hydrogen-bond donors (Lipinski definition) is 2. The molecule has 0 spiro atoms. The molecule has 1 saturated carbocycles. The normalized spacial score (nSPS) is 18.1. The third kappa shape index (κ3) is 2.82. The van der Waals surface area contributed by atoms with E-state index in [4.69, 9.17) is 4.74 Å². The molecule has 2 rings (SSSR count). The lowest BCUT2D eigenvalue weighted by atomic mass is 9.81. The SMILES string of the molecule is COc1cccc(S(=O)(=O)NCC2(O)CCC2)c1. The smallest absolute Gasteiger partial charge is 0.240 e. The molecule has 0 bridgehead atoms. The van der Waals surface area contributed by atoms with Gasteiger partial charge in [0.25, 0.3) is 0 Å². The molecular formula is C12H17NO4S. The maximum absolute atomic E-state index is 12.0. The van der Waals surface area contributed by atoms with Crippen molar-refractivity contribution in [3.05, 3.63) is 24.3 Å². The minimum absolute atomic E-state index is 0.0620. The molecule has 0 aliphatic heterocycles. The lowest BCUT2D eigenvalue weighted by molar-refractivity contribution is -0.0270. The van der Waals surface area contributed by atoms with Crippen molar-refractivity contribution in [1.29, 1.82) is 0 Å². The summed E-state index contributed by atoms with van der Waals surface area (Å²) < 4.78 is 31.4. The van der Waals surface area contributed by atoms with E-state index in [0.717, 1.165) is 6.42 Å². The highest BCUT2D eigenvalue weighted by Crippen LogP contribution is 2.31. The molecule has 0 unspecified atom stereocenters. The van der Waals surface area contributed by atoms with Gasteiger partial charge in [0, 0.05) is 12.6 Å². The molecule has 2 N–H and O–H groups in total. The van der Waals surface area contributed by atoms with Gasteiger partial charge in [-0.1, -0.05) is 6.07 Å². The third-order valence-corrected chi connectivity index (χ3v) is 4.63. The fourth-order valence-electron chi connectivity index (χ4n) is 1.84. The second-order valence-electron chi connectivity index (χ2n) is 4.58. The van der Waals surface area contributed by atoms with E-state index < -0.39 is 15.6 Å². The Morgan fingerprint density at radius 2 is 2.17 bits per heavy atom. The Labute approximate surface area is 107 Å². The van der Waals surface area contributed by atoms with E-state index >= 15 is 0 Å². The molecule has 1 aliphatic rings. The van der Waals surface area contributed by atoms with Crippen molar-refractivity contribution in [2.45, 2.75) is 29.8 Å². The van der Waals surface area contributed by atoms with Gasteiger partial charge in [0.1, 0.15) is 5.75 Å². The van der Waals surface area contributed by atoms with E-state index in [0.29, 0.717) is 18.6 Å². The molecule has 1 aromatic carbocycles. The number of nitrogens with one attached hydrogen (secondary N) is 1. The minimum Gasteiger partial charge on any atom is -0.497 e. The first-order valence-corrected chi connectivity index (χ1v) is 7.30. The molecule has 1 aliphatic carbocycles. The summed E-state index contributed by atoms with van der Waals surface area (Å²) in [4.78, 5) is 0.143. The number of ether oxygens (including phenoxy) is 1. The molecular weight excluding hydrogens is 254 g/mol. The molecule has 0 radical (unpaired) electrons. The summed E-state index contributed by atoms with van der Waals surface area (Å²) in [6, 6.07) is 6.24. The number of hydrogen-bond acceptors (Lipinski definition) is 4. The first-order chi connectivity index (χ1) is 8.45. The maximum Gasteiger partial charge on any atom is 0.240 e. The van der Waals surface area contributed by atoms with E-state index in [1.54, 1.807) is 12.1 Å². The quantitative estimate of drug-likeness (QED) is 0.834. The van der Waals surface area contributed by atoms with Crippen LogP contribution in [-0.2, 0) is 10.0 Å². The van der Waals surface area contributed by atoms with Gasteiger partial charge in [-0.15, -0.1) is 0 Å². The second-order valence-corrected chi connectivity index (χ2v) is 6.35. The fourth-order valence-corrected chi connectivity index (χ4v) is 3.00. The van der Waals surface area contributed by atoms with Crippen molar-refractivity contribution in [3.8, 4) is 5.75 Å². The molecule has 18 heavy (non-hydrogen) atoms. The average Bonchev–Trinajstić information content (AvgIpc) is 2.34. The topological polar surface area (TPSA) is 75.6 Å². The highest BCUT2D eigenvalue weighted by Gasteiger charge is 2.35. The van der Waals surface area contributed by atoms with Crippen LogP contribution in [0.1, 0.15) is 19.3 Å². The fraction of sp³-hybridized carbons (Fsp3) is 0.500. The molecule has 0 amide bonds. The average molecular weight is 271 g/mol. The zero-order valence-electron chi connectivity index (χ0n) is 10.2. The first-order valence-electron chi connectivity index (χ1n) is 5.81. The first kappa shape index (κ1) is 13.3. The summed E-state index contributed by atoms with van der Waals surface area (Å²) in [5.74, 6) is 0.486. The highest BCUT2D eigenvalue weighted by atomic mass is 32.2.